The van der Waals surface area contributed by atoms with Gasteiger partial charge in [0, 0.05) is 12.2 Å². The van der Waals surface area contributed by atoms with E-state index in [0.29, 0.717) is 5.92 Å². The molecule has 4 heteroatoms. The van der Waals surface area contributed by atoms with E-state index in [-0.39, 0.29) is 0 Å². The summed E-state index contributed by atoms with van der Waals surface area (Å²) in [5.74, 6) is -1.34. The summed E-state index contributed by atoms with van der Waals surface area (Å²) in [6, 6.07) is 0. The van der Waals surface area contributed by atoms with Crippen molar-refractivity contribution in [3.63, 3.8) is 0 Å². The van der Waals surface area contributed by atoms with Crippen molar-refractivity contribution in [1.29, 1.82) is 0 Å². The summed E-state index contributed by atoms with van der Waals surface area (Å²) in [5.41, 5.74) is 0. The van der Waals surface area contributed by atoms with Crippen LogP contribution in [-0.2, 0) is 9.59 Å². The first-order valence-electron chi connectivity index (χ1n) is 6.74. The van der Waals surface area contributed by atoms with Crippen LogP contribution in [0.2, 0.25) is 0 Å². The molecule has 2 N–H and O–H groups in total. The molecule has 19 heavy (non-hydrogen) atoms. The SMILES string of the molecule is CCC(C)/C=C/C(=O)O.CCCCC/C=C/C(=O)O. The van der Waals surface area contributed by atoms with Crippen molar-refractivity contribution in [3.8, 4) is 0 Å². The molecule has 0 amide bonds. The molecule has 0 aliphatic heterocycles. The van der Waals surface area contributed by atoms with Crippen LogP contribution in [0.1, 0.15) is 52.9 Å². The van der Waals surface area contributed by atoms with Crippen molar-refractivity contribution < 1.29 is 19.8 Å². The van der Waals surface area contributed by atoms with Gasteiger partial charge in [-0.1, -0.05) is 52.2 Å². The number of carboxylic acid groups (broad SMARTS) is 2. The van der Waals surface area contributed by atoms with Crippen LogP contribution in [0.4, 0.5) is 0 Å². The number of hydrogen-bond donors (Lipinski definition) is 2. The molecule has 0 saturated heterocycles. The zero-order valence-corrected chi connectivity index (χ0v) is 12.1. The molecule has 0 bridgehead atoms. The highest BCUT2D eigenvalue weighted by Crippen LogP contribution is 2.00. The summed E-state index contributed by atoms with van der Waals surface area (Å²) >= 11 is 0. The zero-order chi connectivity index (χ0) is 15.1. The number of carboxylic acids is 2. The van der Waals surface area contributed by atoms with Gasteiger partial charge in [-0.25, -0.2) is 9.59 Å². The molecule has 1 unspecified atom stereocenters. The van der Waals surface area contributed by atoms with Crippen LogP contribution in [0.15, 0.2) is 24.3 Å². The predicted molar refractivity (Wildman–Crippen MR) is 77.1 cm³/mol. The van der Waals surface area contributed by atoms with Crippen LogP contribution in [0.5, 0.6) is 0 Å². The lowest BCUT2D eigenvalue weighted by Gasteiger charge is -1.96. The van der Waals surface area contributed by atoms with Crippen LogP contribution in [0.25, 0.3) is 0 Å². The van der Waals surface area contributed by atoms with Gasteiger partial charge in [-0.3, -0.25) is 0 Å². The first-order valence-corrected chi connectivity index (χ1v) is 6.74. The van der Waals surface area contributed by atoms with Crippen molar-refractivity contribution in [3.05, 3.63) is 24.3 Å². The topological polar surface area (TPSA) is 74.6 Å². The Balaban J connectivity index is 0. The van der Waals surface area contributed by atoms with Crippen molar-refractivity contribution in [2.75, 3.05) is 0 Å². The molecule has 0 fully saturated rings. The van der Waals surface area contributed by atoms with Gasteiger partial charge in [0.25, 0.3) is 0 Å². The molecule has 0 rings (SSSR count). The molecule has 0 spiro atoms. The highest BCUT2D eigenvalue weighted by molar-refractivity contribution is 5.79. The number of unbranched alkanes of at least 4 members (excludes halogenated alkanes) is 3. The molecule has 0 heterocycles. The smallest absolute Gasteiger partial charge is 0.327 e. The van der Waals surface area contributed by atoms with Gasteiger partial charge in [-0.15, -0.1) is 0 Å². The molecule has 0 aromatic rings. The average molecular weight is 270 g/mol. The number of allylic oxidation sites excluding steroid dienone is 2. The van der Waals surface area contributed by atoms with Gasteiger partial charge in [0.15, 0.2) is 0 Å². The van der Waals surface area contributed by atoms with Gasteiger partial charge >= 0.3 is 11.9 Å². The summed E-state index contributed by atoms with van der Waals surface area (Å²) in [7, 11) is 0. The molecule has 0 radical (unpaired) electrons. The molecule has 0 aliphatic carbocycles. The van der Waals surface area contributed by atoms with Crippen molar-refractivity contribution in [2.45, 2.75) is 52.9 Å². The predicted octanol–water partition coefficient (Wildman–Crippen LogP) is 3.88. The number of aliphatic carboxylic acids is 2. The standard InChI is InChI=1S/C8H14O2.C7H12O2/c1-2-3-4-5-6-7-8(9)10;1-3-6(2)4-5-7(8)9/h6-7H,2-5H2,1H3,(H,9,10);4-6H,3H2,1-2H3,(H,8,9)/b7-6+;5-4+. The summed E-state index contributed by atoms with van der Waals surface area (Å²) < 4.78 is 0. The van der Waals surface area contributed by atoms with Gasteiger partial charge < -0.3 is 10.2 Å². The molecule has 4 nitrogen and oxygen atoms in total. The maximum absolute atomic E-state index is 9.95. The van der Waals surface area contributed by atoms with Crippen molar-refractivity contribution >= 4 is 11.9 Å². The molecule has 0 aromatic heterocycles. The molecular weight excluding hydrogens is 244 g/mol. The lowest BCUT2D eigenvalue weighted by atomic mass is 10.1. The van der Waals surface area contributed by atoms with E-state index in [1.165, 1.54) is 25.0 Å². The van der Waals surface area contributed by atoms with Crippen LogP contribution < -0.4 is 0 Å². The van der Waals surface area contributed by atoms with Crippen LogP contribution in [0.3, 0.4) is 0 Å². The van der Waals surface area contributed by atoms with Crippen LogP contribution >= 0.6 is 0 Å². The number of hydrogen-bond acceptors (Lipinski definition) is 2. The minimum atomic E-state index is -0.865. The van der Waals surface area contributed by atoms with Gasteiger partial charge in [0.2, 0.25) is 0 Å². The Bertz CT molecular complexity index is 293. The van der Waals surface area contributed by atoms with Crippen molar-refractivity contribution in [2.24, 2.45) is 5.92 Å². The first-order chi connectivity index (χ1) is 8.93. The van der Waals surface area contributed by atoms with E-state index in [0.717, 1.165) is 19.3 Å². The molecule has 110 valence electrons. The first kappa shape index (κ1) is 19.8. The lowest BCUT2D eigenvalue weighted by Crippen LogP contribution is -1.90. The fourth-order valence-corrected chi connectivity index (χ4v) is 1.08. The van der Waals surface area contributed by atoms with Crippen molar-refractivity contribution in [1.82, 2.24) is 0 Å². The second-order valence-electron chi connectivity index (χ2n) is 4.32. The van der Waals surface area contributed by atoms with E-state index in [1.807, 2.05) is 13.8 Å². The lowest BCUT2D eigenvalue weighted by molar-refractivity contribution is -0.132. The fraction of sp³-hybridized carbons (Fsp3) is 0.600. The van der Waals surface area contributed by atoms with E-state index in [9.17, 15) is 9.59 Å². The maximum atomic E-state index is 9.95. The minimum Gasteiger partial charge on any atom is -0.478 e. The number of carbonyl (C=O) groups is 2. The highest BCUT2D eigenvalue weighted by atomic mass is 16.4. The van der Waals surface area contributed by atoms with E-state index in [4.69, 9.17) is 10.2 Å². The van der Waals surface area contributed by atoms with E-state index in [1.54, 1.807) is 12.2 Å². The Morgan fingerprint density at radius 3 is 2.05 bits per heavy atom. The quantitative estimate of drug-likeness (QED) is 0.518. The Labute approximate surface area is 115 Å². The summed E-state index contributed by atoms with van der Waals surface area (Å²) in [5, 5.41) is 16.4. The Morgan fingerprint density at radius 1 is 1.05 bits per heavy atom. The third-order valence-electron chi connectivity index (χ3n) is 2.45. The Hall–Kier alpha value is -1.58. The molecule has 0 aromatic carbocycles. The molecule has 0 aliphatic rings. The fourth-order valence-electron chi connectivity index (χ4n) is 1.08. The Morgan fingerprint density at radius 2 is 1.63 bits per heavy atom. The largest absolute Gasteiger partial charge is 0.478 e. The van der Waals surface area contributed by atoms with Gasteiger partial charge in [0.05, 0.1) is 0 Å². The summed E-state index contributed by atoms with van der Waals surface area (Å²) in [4.78, 5) is 19.9. The molecule has 0 saturated carbocycles. The summed E-state index contributed by atoms with van der Waals surface area (Å²) in [6.45, 7) is 6.14. The second-order valence-corrected chi connectivity index (χ2v) is 4.32. The number of rotatable bonds is 8. The minimum absolute atomic E-state index is 0.376. The van der Waals surface area contributed by atoms with E-state index < -0.39 is 11.9 Å². The maximum Gasteiger partial charge on any atom is 0.327 e. The third kappa shape index (κ3) is 22.1. The van der Waals surface area contributed by atoms with Crippen LogP contribution in [-0.4, -0.2) is 22.2 Å². The monoisotopic (exact) mass is 270 g/mol. The zero-order valence-electron chi connectivity index (χ0n) is 12.1. The molecular formula is C15H26O4. The van der Waals surface area contributed by atoms with Gasteiger partial charge in [-0.2, -0.15) is 0 Å². The average Bonchev–Trinajstić information content (AvgIpc) is 2.36. The van der Waals surface area contributed by atoms with Crippen LogP contribution in [0, 0.1) is 5.92 Å². The van der Waals surface area contributed by atoms with E-state index in [2.05, 4.69) is 6.92 Å². The van der Waals surface area contributed by atoms with Gasteiger partial charge in [0.1, 0.15) is 0 Å². The Kier molecular flexibility index (Phi) is 15.1. The summed E-state index contributed by atoms with van der Waals surface area (Å²) in [6.07, 6.45) is 11.1. The third-order valence-corrected chi connectivity index (χ3v) is 2.45. The van der Waals surface area contributed by atoms with Gasteiger partial charge in [-0.05, 0) is 18.8 Å². The molecule has 1 atom stereocenters. The van der Waals surface area contributed by atoms with E-state index >= 15 is 0 Å². The second kappa shape index (κ2) is 14.5. The normalized spacial score (nSPS) is 12.2. The highest BCUT2D eigenvalue weighted by Gasteiger charge is 1.91.